The SMILES string of the molecule is CCOc1ccc(NC(=O)C/C(C)=N/NC(=O)C(=O)NCCO)cc1. The second-order valence-corrected chi connectivity index (χ2v) is 4.95. The molecular formula is C16H22N4O5. The molecular weight excluding hydrogens is 328 g/mol. The van der Waals surface area contributed by atoms with Crippen LogP contribution in [0.15, 0.2) is 29.4 Å². The van der Waals surface area contributed by atoms with Crippen molar-refractivity contribution < 1.29 is 24.2 Å². The molecule has 9 heteroatoms. The molecule has 3 amide bonds. The van der Waals surface area contributed by atoms with Crippen molar-refractivity contribution in [1.82, 2.24) is 10.7 Å². The van der Waals surface area contributed by atoms with Gasteiger partial charge in [0.2, 0.25) is 5.91 Å². The van der Waals surface area contributed by atoms with Gasteiger partial charge in [0.1, 0.15) is 5.75 Å². The van der Waals surface area contributed by atoms with Gasteiger partial charge in [0, 0.05) is 17.9 Å². The lowest BCUT2D eigenvalue weighted by Gasteiger charge is -2.07. The number of carbonyl (C=O) groups excluding carboxylic acids is 3. The first-order valence-corrected chi connectivity index (χ1v) is 7.71. The fourth-order valence-electron chi connectivity index (χ4n) is 1.72. The van der Waals surface area contributed by atoms with E-state index in [9.17, 15) is 14.4 Å². The molecule has 0 saturated carbocycles. The third-order valence-corrected chi connectivity index (χ3v) is 2.82. The number of aliphatic hydroxyl groups excluding tert-OH is 1. The van der Waals surface area contributed by atoms with Crippen molar-refractivity contribution in [2.24, 2.45) is 5.10 Å². The Labute approximate surface area is 145 Å². The Morgan fingerprint density at radius 1 is 1.16 bits per heavy atom. The number of nitrogens with one attached hydrogen (secondary N) is 3. The van der Waals surface area contributed by atoms with Crippen molar-refractivity contribution in [3.63, 3.8) is 0 Å². The molecule has 0 unspecified atom stereocenters. The highest BCUT2D eigenvalue weighted by atomic mass is 16.5. The minimum absolute atomic E-state index is 0.0283. The smallest absolute Gasteiger partial charge is 0.329 e. The first kappa shape index (κ1) is 20.1. The van der Waals surface area contributed by atoms with E-state index in [1.165, 1.54) is 0 Å². The van der Waals surface area contributed by atoms with Gasteiger partial charge in [-0.25, -0.2) is 5.43 Å². The molecule has 1 aromatic carbocycles. The Balaban J connectivity index is 2.44. The van der Waals surface area contributed by atoms with Crippen LogP contribution < -0.4 is 20.8 Å². The molecule has 0 aliphatic heterocycles. The third-order valence-electron chi connectivity index (χ3n) is 2.82. The van der Waals surface area contributed by atoms with Crippen LogP contribution in [0, 0.1) is 0 Å². The van der Waals surface area contributed by atoms with Crippen molar-refractivity contribution in [3.8, 4) is 5.75 Å². The minimum atomic E-state index is -0.972. The number of benzene rings is 1. The van der Waals surface area contributed by atoms with Gasteiger partial charge in [-0.2, -0.15) is 5.10 Å². The molecule has 0 fully saturated rings. The standard InChI is InChI=1S/C16H22N4O5/c1-3-25-13-6-4-12(5-7-13)18-14(22)10-11(2)19-20-16(24)15(23)17-8-9-21/h4-7,21H,3,8-10H2,1-2H3,(H,17,23)(H,18,22)(H,20,24)/b19-11+. The quantitative estimate of drug-likeness (QED) is 0.298. The first-order chi connectivity index (χ1) is 12.0. The minimum Gasteiger partial charge on any atom is -0.494 e. The van der Waals surface area contributed by atoms with E-state index in [2.05, 4.69) is 15.7 Å². The van der Waals surface area contributed by atoms with Gasteiger partial charge < -0.3 is 20.5 Å². The monoisotopic (exact) mass is 350 g/mol. The number of anilines is 1. The molecule has 1 rings (SSSR count). The van der Waals surface area contributed by atoms with Crippen molar-refractivity contribution in [2.45, 2.75) is 20.3 Å². The van der Waals surface area contributed by atoms with E-state index in [-0.39, 0.29) is 25.5 Å². The average Bonchev–Trinajstić information content (AvgIpc) is 2.59. The number of hydrazone groups is 1. The summed E-state index contributed by atoms with van der Waals surface area (Å²) >= 11 is 0. The van der Waals surface area contributed by atoms with Gasteiger partial charge in [-0.15, -0.1) is 0 Å². The van der Waals surface area contributed by atoms with E-state index in [1.54, 1.807) is 31.2 Å². The summed E-state index contributed by atoms with van der Waals surface area (Å²) in [7, 11) is 0. The Hall–Kier alpha value is -2.94. The van der Waals surface area contributed by atoms with Gasteiger partial charge in [0.15, 0.2) is 0 Å². The summed E-state index contributed by atoms with van der Waals surface area (Å²) in [5, 5.41) is 17.1. The van der Waals surface area contributed by atoms with Crippen LogP contribution in [0.5, 0.6) is 5.75 Å². The molecule has 0 aliphatic carbocycles. The lowest BCUT2D eigenvalue weighted by atomic mass is 10.2. The second kappa shape index (κ2) is 10.8. The Kier molecular flexibility index (Phi) is 8.66. The van der Waals surface area contributed by atoms with E-state index in [4.69, 9.17) is 9.84 Å². The topological polar surface area (TPSA) is 129 Å². The molecule has 0 radical (unpaired) electrons. The highest BCUT2D eigenvalue weighted by molar-refractivity contribution is 6.35. The average molecular weight is 350 g/mol. The third kappa shape index (κ3) is 7.93. The van der Waals surface area contributed by atoms with Gasteiger partial charge in [0.25, 0.3) is 0 Å². The molecule has 0 bridgehead atoms. The number of rotatable bonds is 8. The van der Waals surface area contributed by atoms with Gasteiger partial charge in [0.05, 0.1) is 19.6 Å². The van der Waals surface area contributed by atoms with E-state index in [0.29, 0.717) is 23.8 Å². The van der Waals surface area contributed by atoms with Crippen LogP contribution in [-0.4, -0.2) is 48.3 Å². The van der Waals surface area contributed by atoms with E-state index in [1.807, 2.05) is 12.3 Å². The summed E-state index contributed by atoms with van der Waals surface area (Å²) in [6, 6.07) is 6.90. The van der Waals surface area contributed by atoms with Crippen LogP contribution in [0.3, 0.4) is 0 Å². The molecule has 136 valence electrons. The number of aliphatic hydroxyl groups is 1. The fourth-order valence-corrected chi connectivity index (χ4v) is 1.72. The highest BCUT2D eigenvalue weighted by Gasteiger charge is 2.12. The number of carbonyl (C=O) groups is 3. The second-order valence-electron chi connectivity index (χ2n) is 4.95. The maximum Gasteiger partial charge on any atom is 0.329 e. The number of hydrogen-bond donors (Lipinski definition) is 4. The Morgan fingerprint density at radius 2 is 1.84 bits per heavy atom. The van der Waals surface area contributed by atoms with E-state index in [0.717, 1.165) is 0 Å². The van der Waals surface area contributed by atoms with Gasteiger partial charge >= 0.3 is 11.8 Å². The zero-order chi connectivity index (χ0) is 18.7. The predicted octanol–water partition coefficient (Wildman–Crippen LogP) is 0.0145. The lowest BCUT2D eigenvalue weighted by molar-refractivity contribution is -0.139. The van der Waals surface area contributed by atoms with Gasteiger partial charge in [-0.05, 0) is 38.1 Å². The summed E-state index contributed by atoms with van der Waals surface area (Å²) < 4.78 is 5.31. The largest absolute Gasteiger partial charge is 0.494 e. The Morgan fingerprint density at radius 3 is 2.44 bits per heavy atom. The summed E-state index contributed by atoms with van der Waals surface area (Å²) in [4.78, 5) is 34.6. The molecule has 4 N–H and O–H groups in total. The molecule has 0 heterocycles. The number of nitrogens with zero attached hydrogens (tertiary/aromatic N) is 1. The van der Waals surface area contributed by atoms with E-state index < -0.39 is 11.8 Å². The summed E-state index contributed by atoms with van der Waals surface area (Å²) in [6.07, 6.45) is -0.0499. The molecule has 0 spiro atoms. The molecule has 0 atom stereocenters. The Bertz CT molecular complexity index is 628. The van der Waals surface area contributed by atoms with Crippen LogP contribution in [0.1, 0.15) is 20.3 Å². The number of amides is 3. The first-order valence-electron chi connectivity index (χ1n) is 7.71. The number of ether oxygens (including phenoxy) is 1. The van der Waals surface area contributed by atoms with Gasteiger partial charge in [-0.3, -0.25) is 14.4 Å². The molecule has 1 aromatic rings. The van der Waals surface area contributed by atoms with Crippen molar-refractivity contribution in [3.05, 3.63) is 24.3 Å². The predicted molar refractivity (Wildman–Crippen MR) is 92.2 cm³/mol. The molecule has 9 nitrogen and oxygen atoms in total. The van der Waals surface area contributed by atoms with Crippen LogP contribution in [-0.2, 0) is 14.4 Å². The van der Waals surface area contributed by atoms with Crippen molar-refractivity contribution in [1.29, 1.82) is 0 Å². The lowest BCUT2D eigenvalue weighted by Crippen LogP contribution is -2.39. The molecule has 0 saturated heterocycles. The maximum absolute atomic E-state index is 11.9. The van der Waals surface area contributed by atoms with Crippen molar-refractivity contribution in [2.75, 3.05) is 25.1 Å². The summed E-state index contributed by atoms with van der Waals surface area (Å²) in [5.74, 6) is -1.49. The van der Waals surface area contributed by atoms with Crippen molar-refractivity contribution >= 4 is 29.1 Å². The van der Waals surface area contributed by atoms with Crippen LogP contribution in [0.2, 0.25) is 0 Å². The molecule has 25 heavy (non-hydrogen) atoms. The van der Waals surface area contributed by atoms with Gasteiger partial charge in [-0.1, -0.05) is 0 Å². The van der Waals surface area contributed by atoms with Crippen LogP contribution in [0.25, 0.3) is 0 Å². The van der Waals surface area contributed by atoms with E-state index >= 15 is 0 Å². The zero-order valence-electron chi connectivity index (χ0n) is 14.2. The summed E-state index contributed by atoms with van der Waals surface area (Å²) in [6.45, 7) is 3.69. The molecule has 0 aromatic heterocycles. The number of hydrogen-bond acceptors (Lipinski definition) is 6. The molecule has 0 aliphatic rings. The fraction of sp³-hybridized carbons (Fsp3) is 0.375. The summed E-state index contributed by atoms with van der Waals surface area (Å²) in [5.41, 5.74) is 2.97. The maximum atomic E-state index is 11.9. The van der Waals surface area contributed by atoms with Crippen LogP contribution in [0.4, 0.5) is 5.69 Å². The normalized spacial score (nSPS) is 10.8. The van der Waals surface area contributed by atoms with Crippen LogP contribution >= 0.6 is 0 Å². The highest BCUT2D eigenvalue weighted by Crippen LogP contribution is 2.15. The zero-order valence-corrected chi connectivity index (χ0v) is 14.2.